The van der Waals surface area contributed by atoms with Crippen LogP contribution in [0.3, 0.4) is 0 Å². The molecule has 14 heavy (non-hydrogen) atoms. The molecule has 0 saturated heterocycles. The molecule has 2 atom stereocenters. The smallest absolute Gasteiger partial charge is 0.123 e. The van der Waals surface area contributed by atoms with Gasteiger partial charge in [0.25, 0.3) is 0 Å². The lowest BCUT2D eigenvalue weighted by Crippen LogP contribution is -2.39. The van der Waals surface area contributed by atoms with Gasteiger partial charge in [-0.2, -0.15) is 0 Å². The van der Waals surface area contributed by atoms with Crippen LogP contribution in [-0.4, -0.2) is 0 Å². The van der Waals surface area contributed by atoms with Crippen LogP contribution in [0.15, 0.2) is 24.3 Å². The van der Waals surface area contributed by atoms with Gasteiger partial charge in [-0.15, -0.1) is 0 Å². The largest absolute Gasteiger partial charge is 0.207 e. The fourth-order valence-corrected chi connectivity index (χ4v) is 2.76. The van der Waals surface area contributed by atoms with Crippen LogP contribution in [0.5, 0.6) is 0 Å². The molecule has 0 bridgehead atoms. The Bertz CT molecular complexity index is 305. The second-order valence-electron chi connectivity index (χ2n) is 4.65. The van der Waals surface area contributed by atoms with Gasteiger partial charge < -0.3 is 0 Å². The van der Waals surface area contributed by atoms with Crippen molar-refractivity contribution in [3.05, 3.63) is 35.6 Å². The van der Waals surface area contributed by atoms with Crippen LogP contribution >= 0.6 is 0 Å². The zero-order chi connectivity index (χ0) is 10.3. The van der Waals surface area contributed by atoms with Crippen molar-refractivity contribution in [2.45, 2.75) is 26.7 Å². The van der Waals surface area contributed by atoms with Gasteiger partial charge in [0, 0.05) is 0 Å². The Hall–Kier alpha value is -0.850. The van der Waals surface area contributed by atoms with Crippen LogP contribution in [-0.2, 0) is 0 Å². The summed E-state index contributed by atoms with van der Waals surface area (Å²) in [5, 5.41) is 0. The van der Waals surface area contributed by atoms with Crippen LogP contribution in [0.1, 0.15) is 32.3 Å². The predicted octanol–water partition coefficient (Wildman–Crippen LogP) is 3.83. The van der Waals surface area contributed by atoms with E-state index in [0.717, 1.165) is 17.8 Å². The SMILES string of the molecule is CC1C(C)C(c2ccc(F)cc2)C1C. The van der Waals surface area contributed by atoms with E-state index in [-0.39, 0.29) is 5.82 Å². The molecule has 0 heterocycles. The summed E-state index contributed by atoms with van der Waals surface area (Å²) in [6, 6.07) is 6.99. The highest BCUT2D eigenvalue weighted by atomic mass is 19.1. The highest BCUT2D eigenvalue weighted by Crippen LogP contribution is 2.51. The van der Waals surface area contributed by atoms with E-state index in [4.69, 9.17) is 0 Å². The highest BCUT2D eigenvalue weighted by molar-refractivity contribution is 5.25. The quantitative estimate of drug-likeness (QED) is 0.634. The van der Waals surface area contributed by atoms with Crippen molar-refractivity contribution >= 4 is 0 Å². The molecule has 1 saturated carbocycles. The first-order valence-electron chi connectivity index (χ1n) is 5.36. The Labute approximate surface area is 85.1 Å². The van der Waals surface area contributed by atoms with Crippen molar-refractivity contribution in [3.8, 4) is 0 Å². The normalized spacial score (nSPS) is 36.6. The van der Waals surface area contributed by atoms with Gasteiger partial charge in [0.05, 0.1) is 0 Å². The maximum atomic E-state index is 12.7. The monoisotopic (exact) mass is 192 g/mol. The van der Waals surface area contributed by atoms with E-state index in [1.165, 1.54) is 5.56 Å². The second-order valence-corrected chi connectivity index (χ2v) is 4.65. The van der Waals surface area contributed by atoms with Crippen molar-refractivity contribution in [1.82, 2.24) is 0 Å². The molecule has 0 nitrogen and oxygen atoms in total. The topological polar surface area (TPSA) is 0 Å². The highest BCUT2D eigenvalue weighted by Gasteiger charge is 2.42. The van der Waals surface area contributed by atoms with Crippen LogP contribution in [0, 0.1) is 23.6 Å². The minimum absolute atomic E-state index is 0.138. The van der Waals surface area contributed by atoms with Gasteiger partial charge in [0.1, 0.15) is 5.82 Å². The predicted molar refractivity (Wildman–Crippen MR) is 56.6 cm³/mol. The summed E-state index contributed by atoms with van der Waals surface area (Å²) >= 11 is 0. The summed E-state index contributed by atoms with van der Waals surface area (Å²) in [6.45, 7) is 6.88. The molecule has 1 fully saturated rings. The van der Waals surface area contributed by atoms with Gasteiger partial charge in [0.2, 0.25) is 0 Å². The molecule has 0 amide bonds. The molecule has 1 heteroatoms. The van der Waals surface area contributed by atoms with Gasteiger partial charge >= 0.3 is 0 Å². The number of hydrogen-bond acceptors (Lipinski definition) is 0. The zero-order valence-corrected chi connectivity index (χ0v) is 9.00. The molecule has 0 spiro atoms. The number of halogens is 1. The third-order valence-corrected chi connectivity index (χ3v) is 4.05. The Morgan fingerprint density at radius 3 is 1.86 bits per heavy atom. The van der Waals surface area contributed by atoms with Crippen LogP contribution in [0.4, 0.5) is 4.39 Å². The standard InChI is InChI=1S/C13H17F/c1-8-9(2)13(10(8)3)11-4-6-12(14)7-5-11/h4-10,13H,1-3H3. The lowest BCUT2D eigenvalue weighted by atomic mass is 9.57. The summed E-state index contributed by atoms with van der Waals surface area (Å²) in [7, 11) is 0. The summed E-state index contributed by atoms with van der Waals surface area (Å²) in [5.41, 5.74) is 1.30. The summed E-state index contributed by atoms with van der Waals surface area (Å²) in [6.07, 6.45) is 0. The fraction of sp³-hybridized carbons (Fsp3) is 0.538. The van der Waals surface area contributed by atoms with Crippen LogP contribution in [0.2, 0.25) is 0 Å². The first-order chi connectivity index (χ1) is 6.61. The fourth-order valence-electron chi connectivity index (χ4n) is 2.76. The van der Waals surface area contributed by atoms with E-state index >= 15 is 0 Å². The van der Waals surface area contributed by atoms with Crippen molar-refractivity contribution in [3.63, 3.8) is 0 Å². The Kier molecular flexibility index (Phi) is 2.34. The maximum absolute atomic E-state index is 12.7. The van der Waals surface area contributed by atoms with Gasteiger partial charge in [0.15, 0.2) is 0 Å². The molecule has 1 aromatic carbocycles. The Morgan fingerprint density at radius 1 is 0.857 bits per heavy atom. The number of hydrogen-bond donors (Lipinski definition) is 0. The van der Waals surface area contributed by atoms with E-state index in [1.54, 1.807) is 12.1 Å². The second kappa shape index (κ2) is 3.38. The summed E-state index contributed by atoms with van der Waals surface area (Å²) in [5.74, 6) is 2.75. The average molecular weight is 192 g/mol. The van der Waals surface area contributed by atoms with Gasteiger partial charge in [-0.05, 0) is 41.4 Å². The molecule has 0 N–H and O–H groups in total. The average Bonchev–Trinajstić information content (AvgIpc) is 2.21. The molecule has 1 aromatic rings. The van der Waals surface area contributed by atoms with Crippen molar-refractivity contribution in [2.24, 2.45) is 17.8 Å². The third kappa shape index (κ3) is 1.35. The van der Waals surface area contributed by atoms with E-state index < -0.39 is 0 Å². The van der Waals surface area contributed by atoms with Crippen LogP contribution in [0.25, 0.3) is 0 Å². The molecule has 0 radical (unpaired) electrons. The third-order valence-electron chi connectivity index (χ3n) is 4.05. The van der Waals surface area contributed by atoms with Crippen molar-refractivity contribution in [1.29, 1.82) is 0 Å². The molecule has 1 aliphatic carbocycles. The number of rotatable bonds is 1. The van der Waals surface area contributed by atoms with E-state index in [1.807, 2.05) is 12.1 Å². The van der Waals surface area contributed by atoms with Crippen LogP contribution < -0.4 is 0 Å². The van der Waals surface area contributed by atoms with Gasteiger partial charge in [-0.1, -0.05) is 32.9 Å². The molecule has 0 aromatic heterocycles. The molecule has 2 unspecified atom stereocenters. The van der Waals surface area contributed by atoms with E-state index in [9.17, 15) is 4.39 Å². The van der Waals surface area contributed by atoms with E-state index in [2.05, 4.69) is 20.8 Å². The molecule has 76 valence electrons. The molecular formula is C13H17F. The molecule has 0 aliphatic heterocycles. The minimum Gasteiger partial charge on any atom is -0.207 e. The first kappa shape index (κ1) is 9.70. The summed E-state index contributed by atoms with van der Waals surface area (Å²) < 4.78 is 12.7. The number of benzene rings is 1. The Balaban J connectivity index is 2.20. The van der Waals surface area contributed by atoms with Gasteiger partial charge in [-0.25, -0.2) is 4.39 Å². The van der Waals surface area contributed by atoms with Crippen molar-refractivity contribution < 1.29 is 4.39 Å². The molecular weight excluding hydrogens is 175 g/mol. The lowest BCUT2D eigenvalue weighted by Gasteiger charge is -2.48. The Morgan fingerprint density at radius 2 is 1.36 bits per heavy atom. The van der Waals surface area contributed by atoms with Gasteiger partial charge in [-0.3, -0.25) is 0 Å². The zero-order valence-electron chi connectivity index (χ0n) is 9.00. The van der Waals surface area contributed by atoms with Crippen molar-refractivity contribution in [2.75, 3.05) is 0 Å². The maximum Gasteiger partial charge on any atom is 0.123 e. The first-order valence-corrected chi connectivity index (χ1v) is 5.36. The summed E-state index contributed by atoms with van der Waals surface area (Å²) in [4.78, 5) is 0. The van der Waals surface area contributed by atoms with E-state index in [0.29, 0.717) is 5.92 Å². The molecule has 1 aliphatic rings. The lowest BCUT2D eigenvalue weighted by molar-refractivity contribution is 0.0756. The minimum atomic E-state index is -0.138. The molecule has 2 rings (SSSR count).